The van der Waals surface area contributed by atoms with Gasteiger partial charge in [-0.15, -0.1) is 0 Å². The van der Waals surface area contributed by atoms with Crippen LogP contribution in [0.25, 0.3) is 16.9 Å². The Balaban J connectivity index is 1.69. The molecule has 0 unspecified atom stereocenters. The molecule has 3 aromatic carbocycles. The van der Waals surface area contributed by atoms with E-state index in [1.807, 2.05) is 96.0 Å². The van der Waals surface area contributed by atoms with Gasteiger partial charge >= 0.3 is 0 Å². The van der Waals surface area contributed by atoms with E-state index in [0.29, 0.717) is 0 Å². The lowest BCUT2D eigenvalue weighted by Crippen LogP contribution is -1.93. The molecule has 4 nitrogen and oxygen atoms in total. The summed E-state index contributed by atoms with van der Waals surface area (Å²) in [4.78, 5) is 0. The number of anilines is 1. The standard InChI is InChI=1S/C22H18N4/c1-4-10-18(11-5-1)22-19(16-23-24-20-12-6-2-7-13-20)17-26(25-22)21-14-8-3-9-15-21/h1-17,24H/b23-16+. The summed E-state index contributed by atoms with van der Waals surface area (Å²) in [6.45, 7) is 0. The Bertz CT molecular complexity index is 990. The topological polar surface area (TPSA) is 42.2 Å². The smallest absolute Gasteiger partial charge is 0.102 e. The average molecular weight is 338 g/mol. The van der Waals surface area contributed by atoms with E-state index in [1.54, 1.807) is 0 Å². The molecule has 26 heavy (non-hydrogen) atoms. The van der Waals surface area contributed by atoms with E-state index < -0.39 is 0 Å². The molecule has 0 radical (unpaired) electrons. The molecule has 0 saturated heterocycles. The van der Waals surface area contributed by atoms with Crippen molar-refractivity contribution in [2.75, 3.05) is 5.43 Å². The molecule has 1 heterocycles. The SMILES string of the molecule is C(=N\Nc1ccccc1)/c1cn(-c2ccccc2)nc1-c1ccccc1. The molecule has 0 fully saturated rings. The first-order valence-corrected chi connectivity index (χ1v) is 8.45. The summed E-state index contributed by atoms with van der Waals surface area (Å²) in [6.07, 6.45) is 3.80. The second-order valence-electron chi connectivity index (χ2n) is 5.82. The maximum atomic E-state index is 4.77. The summed E-state index contributed by atoms with van der Waals surface area (Å²) >= 11 is 0. The summed E-state index contributed by atoms with van der Waals surface area (Å²) < 4.78 is 1.88. The molecule has 0 amide bonds. The van der Waals surface area contributed by atoms with Gasteiger partial charge in [-0.3, -0.25) is 5.43 Å². The molecule has 0 spiro atoms. The summed E-state index contributed by atoms with van der Waals surface area (Å²) in [5.74, 6) is 0. The van der Waals surface area contributed by atoms with Crippen LogP contribution in [0.4, 0.5) is 5.69 Å². The van der Waals surface area contributed by atoms with Crippen molar-refractivity contribution in [3.63, 3.8) is 0 Å². The Morgan fingerprint density at radius 3 is 2.08 bits per heavy atom. The van der Waals surface area contributed by atoms with E-state index in [9.17, 15) is 0 Å². The normalized spacial score (nSPS) is 10.9. The van der Waals surface area contributed by atoms with Crippen molar-refractivity contribution in [1.82, 2.24) is 9.78 Å². The predicted octanol–water partition coefficient (Wildman–Crippen LogP) is 4.99. The lowest BCUT2D eigenvalue weighted by atomic mass is 10.1. The van der Waals surface area contributed by atoms with E-state index in [1.165, 1.54) is 0 Å². The predicted molar refractivity (Wildman–Crippen MR) is 107 cm³/mol. The number of para-hydroxylation sites is 2. The molecule has 0 bridgehead atoms. The van der Waals surface area contributed by atoms with Crippen LogP contribution in [0.1, 0.15) is 5.56 Å². The van der Waals surface area contributed by atoms with Gasteiger partial charge in [0.05, 0.1) is 17.6 Å². The van der Waals surface area contributed by atoms with Crippen molar-refractivity contribution in [3.05, 3.63) is 103 Å². The van der Waals surface area contributed by atoms with Gasteiger partial charge < -0.3 is 0 Å². The highest BCUT2D eigenvalue weighted by atomic mass is 15.3. The minimum atomic E-state index is 0.896. The second kappa shape index (κ2) is 7.49. The molecule has 4 aromatic rings. The number of hydrazone groups is 1. The number of benzene rings is 3. The molecule has 0 saturated carbocycles. The minimum Gasteiger partial charge on any atom is -0.279 e. The van der Waals surface area contributed by atoms with Crippen molar-refractivity contribution in [2.45, 2.75) is 0 Å². The fourth-order valence-corrected chi connectivity index (χ4v) is 2.70. The van der Waals surface area contributed by atoms with E-state index in [0.717, 1.165) is 28.2 Å². The summed E-state index contributed by atoms with van der Waals surface area (Å²) in [6, 6.07) is 30.1. The van der Waals surface area contributed by atoms with Crippen LogP contribution in [-0.4, -0.2) is 16.0 Å². The van der Waals surface area contributed by atoms with E-state index >= 15 is 0 Å². The Morgan fingerprint density at radius 2 is 1.38 bits per heavy atom. The number of nitrogens with one attached hydrogen (secondary N) is 1. The summed E-state index contributed by atoms with van der Waals surface area (Å²) in [7, 11) is 0. The van der Waals surface area contributed by atoms with Crippen LogP contribution < -0.4 is 5.43 Å². The summed E-state index contributed by atoms with van der Waals surface area (Å²) in [5, 5.41) is 9.15. The molecule has 0 aliphatic carbocycles. The highest BCUT2D eigenvalue weighted by Crippen LogP contribution is 2.22. The Labute approximate surface area is 152 Å². The third-order valence-corrected chi connectivity index (χ3v) is 3.98. The Kier molecular flexibility index (Phi) is 4.56. The molecule has 0 aliphatic rings. The minimum absolute atomic E-state index is 0.896. The van der Waals surface area contributed by atoms with Gasteiger partial charge in [-0.25, -0.2) is 4.68 Å². The first kappa shape index (κ1) is 15.8. The number of hydrogen-bond donors (Lipinski definition) is 1. The molecular weight excluding hydrogens is 320 g/mol. The quantitative estimate of drug-likeness (QED) is 0.412. The largest absolute Gasteiger partial charge is 0.279 e. The second-order valence-corrected chi connectivity index (χ2v) is 5.82. The fourth-order valence-electron chi connectivity index (χ4n) is 2.70. The highest BCUT2D eigenvalue weighted by molar-refractivity contribution is 5.89. The third kappa shape index (κ3) is 3.54. The zero-order valence-electron chi connectivity index (χ0n) is 14.2. The molecule has 4 rings (SSSR count). The maximum Gasteiger partial charge on any atom is 0.102 e. The molecule has 1 aromatic heterocycles. The summed E-state index contributed by atoms with van der Waals surface area (Å²) in [5.41, 5.74) is 7.92. The van der Waals surface area contributed by atoms with Crippen LogP contribution >= 0.6 is 0 Å². The molecular formula is C22H18N4. The average Bonchev–Trinajstić information content (AvgIpc) is 3.14. The van der Waals surface area contributed by atoms with Crippen LogP contribution in [0.5, 0.6) is 0 Å². The van der Waals surface area contributed by atoms with Gasteiger partial charge in [0, 0.05) is 17.3 Å². The van der Waals surface area contributed by atoms with Crippen LogP contribution in [0, 0.1) is 0 Å². The van der Waals surface area contributed by atoms with E-state index in [-0.39, 0.29) is 0 Å². The van der Waals surface area contributed by atoms with Crippen LogP contribution in [0.15, 0.2) is 102 Å². The van der Waals surface area contributed by atoms with Crippen molar-refractivity contribution in [2.24, 2.45) is 5.10 Å². The fraction of sp³-hybridized carbons (Fsp3) is 0. The number of aromatic nitrogens is 2. The Morgan fingerprint density at radius 1 is 0.769 bits per heavy atom. The monoisotopic (exact) mass is 338 g/mol. The van der Waals surface area contributed by atoms with Crippen molar-refractivity contribution < 1.29 is 0 Å². The van der Waals surface area contributed by atoms with Gasteiger partial charge in [0.2, 0.25) is 0 Å². The zero-order valence-corrected chi connectivity index (χ0v) is 14.2. The van der Waals surface area contributed by atoms with Crippen LogP contribution in [0.3, 0.4) is 0 Å². The van der Waals surface area contributed by atoms with Gasteiger partial charge in [0.15, 0.2) is 0 Å². The van der Waals surface area contributed by atoms with Crippen molar-refractivity contribution >= 4 is 11.9 Å². The number of hydrogen-bond acceptors (Lipinski definition) is 3. The molecule has 1 N–H and O–H groups in total. The van der Waals surface area contributed by atoms with Crippen LogP contribution in [0.2, 0.25) is 0 Å². The Hall–Kier alpha value is -3.66. The zero-order chi connectivity index (χ0) is 17.6. The van der Waals surface area contributed by atoms with Gasteiger partial charge in [0.1, 0.15) is 5.69 Å². The lowest BCUT2D eigenvalue weighted by Gasteiger charge is -2.00. The van der Waals surface area contributed by atoms with Gasteiger partial charge in [-0.1, -0.05) is 66.7 Å². The first-order chi connectivity index (χ1) is 12.9. The highest BCUT2D eigenvalue weighted by Gasteiger charge is 2.10. The van der Waals surface area contributed by atoms with E-state index in [4.69, 9.17) is 5.10 Å². The molecule has 0 aliphatic heterocycles. The van der Waals surface area contributed by atoms with Crippen molar-refractivity contribution in [3.8, 4) is 16.9 Å². The lowest BCUT2D eigenvalue weighted by molar-refractivity contribution is 0.884. The third-order valence-electron chi connectivity index (χ3n) is 3.98. The molecule has 0 atom stereocenters. The number of rotatable bonds is 5. The first-order valence-electron chi connectivity index (χ1n) is 8.45. The maximum absolute atomic E-state index is 4.77. The molecule has 126 valence electrons. The van der Waals surface area contributed by atoms with Gasteiger partial charge in [-0.2, -0.15) is 10.2 Å². The van der Waals surface area contributed by atoms with E-state index in [2.05, 4.69) is 22.7 Å². The van der Waals surface area contributed by atoms with Gasteiger partial charge in [0.25, 0.3) is 0 Å². The molecule has 4 heteroatoms. The van der Waals surface area contributed by atoms with Crippen molar-refractivity contribution in [1.29, 1.82) is 0 Å². The number of nitrogens with zero attached hydrogens (tertiary/aromatic N) is 3. The van der Waals surface area contributed by atoms with Crippen LogP contribution in [-0.2, 0) is 0 Å². The van der Waals surface area contributed by atoms with Gasteiger partial charge in [-0.05, 0) is 24.3 Å².